The lowest BCUT2D eigenvalue weighted by molar-refractivity contribution is -0.128. The van der Waals surface area contributed by atoms with Gasteiger partial charge in [-0.1, -0.05) is 20.8 Å². The largest absolute Gasteiger partial charge is 0.370 e. The molecule has 0 heterocycles. The first-order valence-corrected chi connectivity index (χ1v) is 4.90. The van der Waals surface area contributed by atoms with Gasteiger partial charge in [0.25, 0.3) is 0 Å². The molecule has 0 spiro atoms. The van der Waals surface area contributed by atoms with Crippen molar-refractivity contribution in [3.63, 3.8) is 0 Å². The van der Waals surface area contributed by atoms with Crippen molar-refractivity contribution in [2.24, 2.45) is 11.1 Å². The Kier molecular flexibility index (Phi) is 5.20. The van der Waals surface area contributed by atoms with Crippen molar-refractivity contribution in [1.82, 2.24) is 5.32 Å². The van der Waals surface area contributed by atoms with Crippen LogP contribution in [0.3, 0.4) is 0 Å². The zero-order valence-corrected chi connectivity index (χ0v) is 9.22. The Morgan fingerprint density at radius 1 is 1.21 bits per heavy atom. The second-order valence-electron chi connectivity index (χ2n) is 4.43. The molecular formula is C10H20N2O2. The Morgan fingerprint density at radius 3 is 2.21 bits per heavy atom. The lowest BCUT2D eigenvalue weighted by atomic mass is 9.96. The maximum absolute atomic E-state index is 11.4. The molecule has 2 amide bonds. The Morgan fingerprint density at radius 2 is 1.79 bits per heavy atom. The number of unbranched alkanes of at least 4 members (excludes halogenated alkanes) is 1. The van der Waals surface area contributed by atoms with Gasteiger partial charge in [-0.25, -0.2) is 0 Å². The summed E-state index contributed by atoms with van der Waals surface area (Å²) in [7, 11) is 0. The van der Waals surface area contributed by atoms with Gasteiger partial charge in [-0.3, -0.25) is 9.59 Å². The predicted molar refractivity (Wildman–Crippen MR) is 55.5 cm³/mol. The van der Waals surface area contributed by atoms with E-state index < -0.39 is 0 Å². The van der Waals surface area contributed by atoms with Gasteiger partial charge in [-0.15, -0.1) is 0 Å². The molecule has 0 radical (unpaired) electrons. The third-order valence-electron chi connectivity index (χ3n) is 1.82. The standard InChI is InChI=1S/C10H20N2O2/c1-10(2,3)9(14)12-7-5-4-6-8(11)13/h4-7H2,1-3H3,(H2,11,13)(H,12,14). The van der Waals surface area contributed by atoms with Gasteiger partial charge in [0.15, 0.2) is 0 Å². The fourth-order valence-corrected chi connectivity index (χ4v) is 0.891. The molecule has 0 aliphatic heterocycles. The van der Waals surface area contributed by atoms with Crippen LogP contribution < -0.4 is 11.1 Å². The van der Waals surface area contributed by atoms with E-state index in [2.05, 4.69) is 5.32 Å². The summed E-state index contributed by atoms with van der Waals surface area (Å²) in [6.07, 6.45) is 1.93. The van der Waals surface area contributed by atoms with Gasteiger partial charge in [0.2, 0.25) is 11.8 Å². The van der Waals surface area contributed by atoms with Crippen LogP contribution in [0.4, 0.5) is 0 Å². The Bertz CT molecular complexity index is 207. The third-order valence-corrected chi connectivity index (χ3v) is 1.82. The van der Waals surface area contributed by atoms with Crippen LogP contribution in [0.1, 0.15) is 40.0 Å². The van der Waals surface area contributed by atoms with Gasteiger partial charge in [0.1, 0.15) is 0 Å². The summed E-state index contributed by atoms with van der Waals surface area (Å²) in [4.78, 5) is 21.7. The van der Waals surface area contributed by atoms with Gasteiger partial charge in [-0.05, 0) is 12.8 Å². The summed E-state index contributed by atoms with van der Waals surface area (Å²) >= 11 is 0. The summed E-state index contributed by atoms with van der Waals surface area (Å²) in [6.45, 7) is 6.21. The number of nitrogens with one attached hydrogen (secondary N) is 1. The quantitative estimate of drug-likeness (QED) is 0.644. The number of primary amides is 1. The number of hydrogen-bond donors (Lipinski definition) is 2. The van der Waals surface area contributed by atoms with Crippen LogP contribution in [0.15, 0.2) is 0 Å². The lowest BCUT2D eigenvalue weighted by Crippen LogP contribution is -2.35. The molecule has 0 fully saturated rings. The van der Waals surface area contributed by atoms with Crippen LogP contribution in [-0.2, 0) is 9.59 Å². The normalized spacial score (nSPS) is 11.1. The molecule has 0 aromatic heterocycles. The number of hydrogen-bond acceptors (Lipinski definition) is 2. The predicted octanol–water partition coefficient (Wildman–Crippen LogP) is 0.804. The average molecular weight is 200 g/mol. The Hall–Kier alpha value is -1.06. The summed E-state index contributed by atoms with van der Waals surface area (Å²) in [5.41, 5.74) is 4.63. The van der Waals surface area contributed by atoms with Crippen molar-refractivity contribution in [1.29, 1.82) is 0 Å². The zero-order valence-electron chi connectivity index (χ0n) is 9.22. The first-order chi connectivity index (χ1) is 6.34. The van der Waals surface area contributed by atoms with Crippen LogP contribution in [0.5, 0.6) is 0 Å². The number of rotatable bonds is 5. The third kappa shape index (κ3) is 6.46. The van der Waals surface area contributed by atoms with Crippen molar-refractivity contribution in [3.8, 4) is 0 Å². The molecule has 0 saturated carbocycles. The molecule has 0 bridgehead atoms. The van der Waals surface area contributed by atoms with E-state index in [-0.39, 0.29) is 17.2 Å². The van der Waals surface area contributed by atoms with Crippen molar-refractivity contribution < 1.29 is 9.59 Å². The molecule has 0 unspecified atom stereocenters. The molecule has 0 saturated heterocycles. The van der Waals surface area contributed by atoms with Crippen molar-refractivity contribution in [2.45, 2.75) is 40.0 Å². The topological polar surface area (TPSA) is 72.2 Å². The van der Waals surface area contributed by atoms with E-state index in [4.69, 9.17) is 5.73 Å². The molecule has 0 aromatic carbocycles. The molecule has 4 nitrogen and oxygen atoms in total. The highest BCUT2D eigenvalue weighted by Gasteiger charge is 2.19. The van der Waals surface area contributed by atoms with Crippen molar-refractivity contribution in [2.75, 3.05) is 6.54 Å². The maximum atomic E-state index is 11.4. The van der Waals surface area contributed by atoms with Crippen LogP contribution >= 0.6 is 0 Å². The molecule has 0 aliphatic rings. The first kappa shape index (κ1) is 12.9. The zero-order chi connectivity index (χ0) is 11.2. The van der Waals surface area contributed by atoms with E-state index in [9.17, 15) is 9.59 Å². The van der Waals surface area contributed by atoms with Crippen LogP contribution in [0.2, 0.25) is 0 Å². The first-order valence-electron chi connectivity index (χ1n) is 4.90. The highest BCUT2D eigenvalue weighted by atomic mass is 16.2. The summed E-state index contributed by atoms with van der Waals surface area (Å²) < 4.78 is 0. The van der Waals surface area contributed by atoms with Crippen molar-refractivity contribution in [3.05, 3.63) is 0 Å². The van der Waals surface area contributed by atoms with Gasteiger partial charge in [0.05, 0.1) is 0 Å². The van der Waals surface area contributed by atoms with E-state index in [1.807, 2.05) is 20.8 Å². The Balaban J connectivity index is 3.46. The fourth-order valence-electron chi connectivity index (χ4n) is 0.891. The molecule has 3 N–H and O–H groups in total. The van der Waals surface area contributed by atoms with E-state index in [0.29, 0.717) is 13.0 Å². The van der Waals surface area contributed by atoms with Gasteiger partial charge < -0.3 is 11.1 Å². The fraction of sp³-hybridized carbons (Fsp3) is 0.800. The second kappa shape index (κ2) is 5.62. The summed E-state index contributed by atoms with van der Waals surface area (Å²) in [5.74, 6) is -0.247. The van der Waals surface area contributed by atoms with E-state index >= 15 is 0 Å². The minimum absolute atomic E-state index is 0.0385. The summed E-state index contributed by atoms with van der Waals surface area (Å²) in [5, 5.41) is 2.81. The summed E-state index contributed by atoms with van der Waals surface area (Å²) in [6, 6.07) is 0. The molecule has 0 aliphatic carbocycles. The van der Waals surface area contributed by atoms with Crippen LogP contribution in [0.25, 0.3) is 0 Å². The van der Waals surface area contributed by atoms with E-state index in [1.54, 1.807) is 0 Å². The number of carbonyl (C=O) groups excluding carboxylic acids is 2. The van der Waals surface area contributed by atoms with E-state index in [0.717, 1.165) is 12.8 Å². The van der Waals surface area contributed by atoms with Gasteiger partial charge in [-0.2, -0.15) is 0 Å². The van der Waals surface area contributed by atoms with Gasteiger partial charge >= 0.3 is 0 Å². The maximum Gasteiger partial charge on any atom is 0.225 e. The van der Waals surface area contributed by atoms with Crippen LogP contribution in [0, 0.1) is 5.41 Å². The average Bonchev–Trinajstić information content (AvgIpc) is 2.01. The molecule has 0 atom stereocenters. The lowest BCUT2D eigenvalue weighted by Gasteiger charge is -2.17. The van der Waals surface area contributed by atoms with Crippen molar-refractivity contribution >= 4 is 11.8 Å². The molecule has 0 aromatic rings. The van der Waals surface area contributed by atoms with E-state index in [1.165, 1.54) is 0 Å². The molecule has 14 heavy (non-hydrogen) atoms. The smallest absolute Gasteiger partial charge is 0.225 e. The minimum atomic E-state index is -0.344. The number of amides is 2. The highest BCUT2D eigenvalue weighted by Crippen LogP contribution is 2.12. The molecule has 0 rings (SSSR count). The molecule has 82 valence electrons. The number of nitrogens with two attached hydrogens (primary N) is 1. The minimum Gasteiger partial charge on any atom is -0.370 e. The highest BCUT2D eigenvalue weighted by molar-refractivity contribution is 5.81. The SMILES string of the molecule is CC(C)(C)C(=O)NCCCCC(N)=O. The second-order valence-corrected chi connectivity index (χ2v) is 4.43. The monoisotopic (exact) mass is 200 g/mol. The Labute approximate surface area is 85.2 Å². The van der Waals surface area contributed by atoms with Crippen LogP contribution in [-0.4, -0.2) is 18.4 Å². The molecular weight excluding hydrogens is 180 g/mol. The molecule has 4 heteroatoms. The number of carbonyl (C=O) groups is 2. The van der Waals surface area contributed by atoms with Gasteiger partial charge in [0, 0.05) is 18.4 Å².